The van der Waals surface area contributed by atoms with Crippen LogP contribution in [0.2, 0.25) is 0 Å². The molecular weight excluding hydrogens is 200 g/mol. The van der Waals surface area contributed by atoms with E-state index in [4.69, 9.17) is 4.74 Å². The molecule has 0 aromatic carbocycles. The lowest BCUT2D eigenvalue weighted by molar-refractivity contribution is -0.0601. The molecule has 3 heteroatoms. The molecule has 0 rings (SSSR count). The van der Waals surface area contributed by atoms with Crippen LogP contribution in [0.3, 0.4) is 0 Å². The van der Waals surface area contributed by atoms with Gasteiger partial charge in [-0.1, -0.05) is 6.92 Å². The Morgan fingerprint density at radius 3 is 2.25 bits per heavy atom. The summed E-state index contributed by atoms with van der Waals surface area (Å²) >= 11 is 0. The molecule has 0 aromatic heterocycles. The number of nitrogens with zero attached hydrogens (tertiary/aromatic N) is 1. The lowest BCUT2D eigenvalue weighted by Crippen LogP contribution is -2.45. The second-order valence-corrected chi connectivity index (χ2v) is 5.62. The average Bonchev–Trinajstić information content (AvgIpc) is 2.11. The Labute approximate surface area is 100 Å². The van der Waals surface area contributed by atoms with Crippen LogP contribution in [0.25, 0.3) is 0 Å². The molecule has 0 spiro atoms. The Hall–Kier alpha value is -0.590. The molecule has 0 saturated heterocycles. The molecule has 16 heavy (non-hydrogen) atoms. The summed E-state index contributed by atoms with van der Waals surface area (Å²) in [7, 11) is 0. The molecule has 2 atom stereocenters. The Morgan fingerprint density at radius 2 is 1.88 bits per heavy atom. The number of nitriles is 1. The molecule has 0 aliphatic rings. The smallest absolute Gasteiger partial charge is 0.106 e. The topological polar surface area (TPSA) is 45.0 Å². The van der Waals surface area contributed by atoms with Gasteiger partial charge in [-0.25, -0.2) is 0 Å². The summed E-state index contributed by atoms with van der Waals surface area (Å²) in [5.41, 5.74) is -0.638. The molecule has 0 aliphatic carbocycles. The van der Waals surface area contributed by atoms with Crippen molar-refractivity contribution in [3.8, 4) is 6.07 Å². The van der Waals surface area contributed by atoms with E-state index < -0.39 is 5.54 Å². The molecule has 94 valence electrons. The normalized spacial score (nSPS) is 17.6. The van der Waals surface area contributed by atoms with Gasteiger partial charge in [-0.3, -0.25) is 5.32 Å². The predicted octanol–water partition coefficient (Wildman–Crippen LogP) is 2.86. The molecule has 2 unspecified atom stereocenters. The highest BCUT2D eigenvalue weighted by Gasteiger charge is 2.27. The van der Waals surface area contributed by atoms with E-state index in [1.165, 1.54) is 0 Å². The van der Waals surface area contributed by atoms with E-state index in [2.05, 4.69) is 18.3 Å². The fourth-order valence-electron chi connectivity index (χ4n) is 1.78. The van der Waals surface area contributed by atoms with Gasteiger partial charge in [-0.2, -0.15) is 5.26 Å². The molecule has 0 saturated carbocycles. The minimum atomic E-state index is -0.485. The van der Waals surface area contributed by atoms with E-state index in [-0.39, 0.29) is 11.7 Å². The van der Waals surface area contributed by atoms with Crippen LogP contribution in [0.5, 0.6) is 0 Å². The van der Waals surface area contributed by atoms with Crippen molar-refractivity contribution in [3.63, 3.8) is 0 Å². The van der Waals surface area contributed by atoms with Crippen LogP contribution in [-0.2, 0) is 4.74 Å². The summed E-state index contributed by atoms with van der Waals surface area (Å²) in [4.78, 5) is 0. The van der Waals surface area contributed by atoms with Crippen LogP contribution < -0.4 is 5.32 Å². The SMILES string of the molecule is CCCNC(C)(C#N)CC(C)OC(C)(C)C. The first-order valence-electron chi connectivity index (χ1n) is 6.06. The highest BCUT2D eigenvalue weighted by atomic mass is 16.5. The largest absolute Gasteiger partial charge is 0.373 e. The highest BCUT2D eigenvalue weighted by molar-refractivity contribution is 5.04. The van der Waals surface area contributed by atoms with Gasteiger partial charge in [0.05, 0.1) is 17.8 Å². The van der Waals surface area contributed by atoms with Crippen molar-refractivity contribution in [3.05, 3.63) is 0 Å². The van der Waals surface area contributed by atoms with Gasteiger partial charge in [0.1, 0.15) is 5.54 Å². The van der Waals surface area contributed by atoms with Gasteiger partial charge in [0.2, 0.25) is 0 Å². The third-order valence-corrected chi connectivity index (χ3v) is 2.26. The van der Waals surface area contributed by atoms with Crippen molar-refractivity contribution < 1.29 is 4.74 Å². The summed E-state index contributed by atoms with van der Waals surface area (Å²) in [5.74, 6) is 0. The summed E-state index contributed by atoms with van der Waals surface area (Å²) in [6, 6.07) is 2.34. The Balaban J connectivity index is 4.26. The number of hydrogen-bond donors (Lipinski definition) is 1. The van der Waals surface area contributed by atoms with Gasteiger partial charge in [-0.05, 0) is 47.6 Å². The Morgan fingerprint density at radius 1 is 1.31 bits per heavy atom. The van der Waals surface area contributed by atoms with E-state index in [1.54, 1.807) is 0 Å². The second kappa shape index (κ2) is 6.22. The molecule has 0 aliphatic heterocycles. The number of hydrogen-bond acceptors (Lipinski definition) is 3. The monoisotopic (exact) mass is 226 g/mol. The van der Waals surface area contributed by atoms with Crippen molar-refractivity contribution in [2.24, 2.45) is 0 Å². The van der Waals surface area contributed by atoms with Crippen LogP contribution in [0.15, 0.2) is 0 Å². The van der Waals surface area contributed by atoms with Gasteiger partial charge in [0, 0.05) is 6.42 Å². The second-order valence-electron chi connectivity index (χ2n) is 5.62. The third kappa shape index (κ3) is 6.81. The summed E-state index contributed by atoms with van der Waals surface area (Å²) in [5, 5.41) is 12.5. The average molecular weight is 226 g/mol. The Bertz CT molecular complexity index is 239. The Kier molecular flexibility index (Phi) is 5.99. The molecular formula is C13H26N2O. The lowest BCUT2D eigenvalue weighted by Gasteiger charge is -2.31. The first-order valence-corrected chi connectivity index (χ1v) is 6.06. The van der Waals surface area contributed by atoms with Gasteiger partial charge in [-0.15, -0.1) is 0 Å². The maximum Gasteiger partial charge on any atom is 0.106 e. The minimum Gasteiger partial charge on any atom is -0.373 e. The van der Waals surface area contributed by atoms with E-state index in [0.29, 0.717) is 6.42 Å². The maximum absolute atomic E-state index is 9.19. The molecule has 0 aromatic rings. The quantitative estimate of drug-likeness (QED) is 0.757. The van der Waals surface area contributed by atoms with E-state index >= 15 is 0 Å². The molecule has 0 fully saturated rings. The molecule has 1 N–H and O–H groups in total. The van der Waals surface area contributed by atoms with E-state index in [9.17, 15) is 5.26 Å². The highest BCUT2D eigenvalue weighted by Crippen LogP contribution is 2.18. The van der Waals surface area contributed by atoms with Gasteiger partial charge < -0.3 is 4.74 Å². The number of nitrogens with one attached hydrogen (secondary N) is 1. The molecule has 0 bridgehead atoms. The first-order chi connectivity index (χ1) is 7.22. The van der Waals surface area contributed by atoms with Crippen LogP contribution in [0.4, 0.5) is 0 Å². The summed E-state index contributed by atoms with van der Waals surface area (Å²) in [6.45, 7) is 13.0. The van der Waals surface area contributed by atoms with Crippen LogP contribution in [0, 0.1) is 11.3 Å². The van der Waals surface area contributed by atoms with Crippen LogP contribution in [0.1, 0.15) is 54.4 Å². The predicted molar refractivity (Wildman–Crippen MR) is 67.2 cm³/mol. The van der Waals surface area contributed by atoms with Crippen LogP contribution in [-0.4, -0.2) is 23.8 Å². The van der Waals surface area contributed by atoms with Gasteiger partial charge in [0.15, 0.2) is 0 Å². The molecule has 0 radical (unpaired) electrons. The minimum absolute atomic E-state index is 0.0778. The van der Waals surface area contributed by atoms with Crippen molar-refractivity contribution in [1.82, 2.24) is 5.32 Å². The van der Waals surface area contributed by atoms with Crippen LogP contribution >= 0.6 is 0 Å². The maximum atomic E-state index is 9.19. The zero-order valence-electron chi connectivity index (χ0n) is 11.6. The van der Waals surface area contributed by atoms with Crippen molar-refractivity contribution in [2.45, 2.75) is 71.6 Å². The standard InChI is InChI=1S/C13H26N2O/c1-7-8-15-13(6,10-14)9-11(2)16-12(3,4)5/h11,15H,7-9H2,1-6H3. The van der Waals surface area contributed by atoms with Crippen molar-refractivity contribution >= 4 is 0 Å². The third-order valence-electron chi connectivity index (χ3n) is 2.26. The fraction of sp³-hybridized carbons (Fsp3) is 0.923. The first kappa shape index (κ1) is 15.4. The van der Waals surface area contributed by atoms with E-state index in [1.807, 2.05) is 34.6 Å². The van der Waals surface area contributed by atoms with Crippen molar-refractivity contribution in [2.75, 3.05) is 6.54 Å². The summed E-state index contributed by atoms with van der Waals surface area (Å²) < 4.78 is 5.82. The van der Waals surface area contributed by atoms with Gasteiger partial charge >= 0.3 is 0 Å². The van der Waals surface area contributed by atoms with Crippen molar-refractivity contribution in [1.29, 1.82) is 5.26 Å². The zero-order valence-corrected chi connectivity index (χ0v) is 11.6. The molecule has 0 amide bonds. The summed E-state index contributed by atoms with van der Waals surface area (Å²) in [6.07, 6.45) is 1.82. The fourth-order valence-corrected chi connectivity index (χ4v) is 1.78. The zero-order chi connectivity index (χ0) is 12.8. The van der Waals surface area contributed by atoms with E-state index in [0.717, 1.165) is 13.0 Å². The molecule has 0 heterocycles. The molecule has 3 nitrogen and oxygen atoms in total. The van der Waals surface area contributed by atoms with Gasteiger partial charge in [0.25, 0.3) is 0 Å². The number of rotatable bonds is 6. The number of ether oxygens (including phenoxy) is 1. The lowest BCUT2D eigenvalue weighted by atomic mass is 9.96.